The van der Waals surface area contributed by atoms with Crippen molar-refractivity contribution in [2.24, 2.45) is 5.92 Å². The van der Waals surface area contributed by atoms with Crippen molar-refractivity contribution in [3.63, 3.8) is 0 Å². The average Bonchev–Trinajstić information content (AvgIpc) is 3.31. The number of benzene rings is 2. The van der Waals surface area contributed by atoms with Gasteiger partial charge in [0.05, 0.1) is 21.9 Å². The summed E-state index contributed by atoms with van der Waals surface area (Å²) in [6.07, 6.45) is 4.29. The molecular weight excluding hydrogens is 468 g/mol. The average molecular weight is 493 g/mol. The highest BCUT2D eigenvalue weighted by atomic mass is 35.5. The Labute approximate surface area is 207 Å². The number of thiazole rings is 1. The number of carbonyl (C=O) groups is 1. The van der Waals surface area contributed by atoms with Gasteiger partial charge in [0.15, 0.2) is 11.6 Å². The summed E-state index contributed by atoms with van der Waals surface area (Å²) >= 11 is 7.92. The molecule has 0 bridgehead atoms. The molecule has 0 unspecified atom stereocenters. The second-order valence-electron chi connectivity index (χ2n) is 8.63. The molecule has 0 radical (unpaired) electrons. The molecule has 0 atom stereocenters. The van der Waals surface area contributed by atoms with Crippen molar-refractivity contribution in [3.05, 3.63) is 64.8 Å². The SMILES string of the molecule is CN1CCC(CC(=O)c2cccc(Nc3ncc(Cl)c(Nc4ccc5ncsc5c4)n3)c2)CC1. The third-order valence-electron chi connectivity index (χ3n) is 6.09. The third-order valence-corrected chi connectivity index (χ3v) is 7.16. The van der Waals surface area contributed by atoms with Crippen LogP contribution in [0.15, 0.2) is 54.2 Å². The number of nitrogens with one attached hydrogen (secondary N) is 2. The van der Waals surface area contributed by atoms with Gasteiger partial charge in [0.1, 0.15) is 5.02 Å². The second-order valence-corrected chi connectivity index (χ2v) is 9.92. The van der Waals surface area contributed by atoms with E-state index in [0.717, 1.165) is 47.5 Å². The molecular formula is C25H25ClN6OS. The third kappa shape index (κ3) is 5.35. The van der Waals surface area contributed by atoms with E-state index in [-0.39, 0.29) is 5.78 Å². The van der Waals surface area contributed by atoms with E-state index in [9.17, 15) is 4.79 Å². The lowest BCUT2D eigenvalue weighted by molar-refractivity contribution is 0.0936. The van der Waals surface area contributed by atoms with Gasteiger partial charge < -0.3 is 15.5 Å². The lowest BCUT2D eigenvalue weighted by atomic mass is 9.90. The number of Topliss-reactive ketones (excluding diaryl/α,β-unsaturated/α-hetero) is 1. The monoisotopic (exact) mass is 492 g/mol. The normalized spacial score (nSPS) is 14.9. The van der Waals surface area contributed by atoms with E-state index in [2.05, 4.69) is 37.5 Å². The van der Waals surface area contributed by atoms with Crippen molar-refractivity contribution in [2.75, 3.05) is 30.8 Å². The number of carbonyl (C=O) groups excluding carboxylic acids is 1. The largest absolute Gasteiger partial charge is 0.339 e. The van der Waals surface area contributed by atoms with Gasteiger partial charge in [0.25, 0.3) is 0 Å². The highest BCUT2D eigenvalue weighted by Gasteiger charge is 2.20. The van der Waals surface area contributed by atoms with E-state index in [0.29, 0.717) is 34.7 Å². The van der Waals surface area contributed by atoms with Crippen molar-refractivity contribution < 1.29 is 4.79 Å². The maximum absolute atomic E-state index is 12.9. The van der Waals surface area contributed by atoms with Crippen LogP contribution in [0, 0.1) is 5.92 Å². The Kier molecular flexibility index (Phi) is 6.71. The Balaban J connectivity index is 1.28. The quantitative estimate of drug-likeness (QED) is 0.300. The zero-order chi connectivity index (χ0) is 23.5. The maximum atomic E-state index is 12.9. The van der Waals surface area contributed by atoms with E-state index in [1.165, 1.54) is 0 Å². The predicted molar refractivity (Wildman–Crippen MR) is 139 cm³/mol. The fourth-order valence-corrected chi connectivity index (χ4v) is 4.98. The molecule has 2 aromatic carbocycles. The fraction of sp³-hybridized carbons (Fsp3) is 0.280. The molecule has 34 heavy (non-hydrogen) atoms. The number of anilines is 4. The molecule has 0 amide bonds. The van der Waals surface area contributed by atoms with Crippen molar-refractivity contribution in [2.45, 2.75) is 19.3 Å². The molecule has 2 N–H and O–H groups in total. The van der Waals surface area contributed by atoms with Crippen LogP contribution < -0.4 is 10.6 Å². The first kappa shape index (κ1) is 22.7. The van der Waals surface area contributed by atoms with Gasteiger partial charge in [-0.25, -0.2) is 9.97 Å². The molecule has 4 aromatic rings. The number of likely N-dealkylation sites (tertiary alicyclic amines) is 1. The Bertz CT molecular complexity index is 1320. The summed E-state index contributed by atoms with van der Waals surface area (Å²) in [6, 6.07) is 13.4. The van der Waals surface area contributed by atoms with E-state index < -0.39 is 0 Å². The molecule has 0 aliphatic carbocycles. The first-order chi connectivity index (χ1) is 16.5. The minimum atomic E-state index is 0.177. The van der Waals surface area contributed by atoms with Crippen LogP contribution in [0.1, 0.15) is 29.6 Å². The van der Waals surface area contributed by atoms with Crippen LogP contribution >= 0.6 is 22.9 Å². The first-order valence-corrected chi connectivity index (χ1v) is 12.5. The molecule has 9 heteroatoms. The van der Waals surface area contributed by atoms with Crippen LogP contribution in [0.3, 0.4) is 0 Å². The summed E-state index contributed by atoms with van der Waals surface area (Å²) < 4.78 is 1.08. The van der Waals surface area contributed by atoms with Gasteiger partial charge >= 0.3 is 0 Å². The lowest BCUT2D eigenvalue weighted by Crippen LogP contribution is -2.31. The topological polar surface area (TPSA) is 83.0 Å². The first-order valence-electron chi connectivity index (χ1n) is 11.2. The Morgan fingerprint density at radius 3 is 2.79 bits per heavy atom. The van der Waals surface area contributed by atoms with Crippen LogP contribution in [0.4, 0.5) is 23.1 Å². The molecule has 174 valence electrons. The minimum absolute atomic E-state index is 0.177. The summed E-state index contributed by atoms with van der Waals surface area (Å²) in [7, 11) is 2.13. The number of halogens is 1. The Hall–Kier alpha value is -3.07. The van der Waals surface area contributed by atoms with Gasteiger partial charge in [0.2, 0.25) is 5.95 Å². The van der Waals surface area contributed by atoms with E-state index in [1.807, 2.05) is 48.0 Å². The van der Waals surface area contributed by atoms with E-state index in [1.54, 1.807) is 17.5 Å². The molecule has 2 aromatic heterocycles. The molecule has 1 aliphatic rings. The number of piperidine rings is 1. The van der Waals surface area contributed by atoms with Crippen molar-refractivity contribution in [1.29, 1.82) is 0 Å². The molecule has 0 saturated carbocycles. The van der Waals surface area contributed by atoms with Gasteiger partial charge in [-0.2, -0.15) is 4.98 Å². The summed E-state index contributed by atoms with van der Waals surface area (Å²) in [5, 5.41) is 6.87. The van der Waals surface area contributed by atoms with Crippen LogP contribution in [-0.4, -0.2) is 45.8 Å². The van der Waals surface area contributed by atoms with Crippen molar-refractivity contribution in [3.8, 4) is 0 Å². The van der Waals surface area contributed by atoms with Gasteiger partial charge in [0, 0.05) is 23.4 Å². The molecule has 1 fully saturated rings. The summed E-state index contributed by atoms with van der Waals surface area (Å²) in [5.41, 5.74) is 5.10. The zero-order valence-corrected chi connectivity index (χ0v) is 20.4. The smallest absolute Gasteiger partial charge is 0.229 e. The van der Waals surface area contributed by atoms with Crippen molar-refractivity contribution in [1.82, 2.24) is 19.9 Å². The standard InChI is InChI=1S/C25H25ClN6OS/c1-32-9-7-16(8-10-32)11-22(33)17-3-2-4-18(12-17)30-25-27-14-20(26)24(31-25)29-19-5-6-21-23(13-19)34-15-28-21/h2-6,12-16H,7-11H2,1H3,(H2,27,29,30,31). The number of hydrogen-bond acceptors (Lipinski definition) is 8. The summed E-state index contributed by atoms with van der Waals surface area (Å²) in [6.45, 7) is 2.11. The van der Waals surface area contributed by atoms with Crippen LogP contribution in [0.2, 0.25) is 5.02 Å². The molecule has 0 spiro atoms. The Morgan fingerprint density at radius 2 is 1.94 bits per heavy atom. The summed E-state index contributed by atoms with van der Waals surface area (Å²) in [5.74, 6) is 1.52. The number of aromatic nitrogens is 3. The van der Waals surface area contributed by atoms with Crippen LogP contribution in [0.25, 0.3) is 10.2 Å². The number of nitrogens with zero attached hydrogens (tertiary/aromatic N) is 4. The second kappa shape index (κ2) is 10.0. The van der Waals surface area contributed by atoms with Crippen molar-refractivity contribution >= 4 is 62.1 Å². The Morgan fingerprint density at radius 1 is 1.12 bits per heavy atom. The molecule has 7 nitrogen and oxygen atoms in total. The number of ketones is 1. The molecule has 5 rings (SSSR count). The predicted octanol–water partition coefficient (Wildman–Crippen LogP) is 6.14. The lowest BCUT2D eigenvalue weighted by Gasteiger charge is -2.28. The summed E-state index contributed by atoms with van der Waals surface area (Å²) in [4.78, 5) is 28.3. The number of rotatable bonds is 7. The molecule has 1 saturated heterocycles. The van der Waals surface area contributed by atoms with Gasteiger partial charge in [-0.3, -0.25) is 4.79 Å². The molecule has 1 aliphatic heterocycles. The van der Waals surface area contributed by atoms with Crippen LogP contribution in [0.5, 0.6) is 0 Å². The van der Waals surface area contributed by atoms with E-state index in [4.69, 9.17) is 11.6 Å². The van der Waals surface area contributed by atoms with E-state index >= 15 is 0 Å². The maximum Gasteiger partial charge on any atom is 0.229 e. The highest BCUT2D eigenvalue weighted by Crippen LogP contribution is 2.28. The zero-order valence-electron chi connectivity index (χ0n) is 18.8. The molecule has 3 heterocycles. The van der Waals surface area contributed by atoms with Gasteiger partial charge in [-0.05, 0) is 69.2 Å². The highest BCUT2D eigenvalue weighted by molar-refractivity contribution is 7.16. The van der Waals surface area contributed by atoms with Crippen LogP contribution in [-0.2, 0) is 0 Å². The van der Waals surface area contributed by atoms with Gasteiger partial charge in [-0.15, -0.1) is 11.3 Å². The number of hydrogen-bond donors (Lipinski definition) is 2. The minimum Gasteiger partial charge on any atom is -0.339 e. The fourth-order valence-electron chi connectivity index (χ4n) is 4.13. The van der Waals surface area contributed by atoms with Gasteiger partial charge in [-0.1, -0.05) is 23.7 Å². The number of fused-ring (bicyclic) bond motifs is 1.